The highest BCUT2D eigenvalue weighted by Crippen LogP contribution is 2.31. The zero-order valence-corrected chi connectivity index (χ0v) is 15.1. The van der Waals surface area contributed by atoms with Gasteiger partial charge in [0.15, 0.2) is 0 Å². The van der Waals surface area contributed by atoms with Gasteiger partial charge in [0.1, 0.15) is 0 Å². The van der Waals surface area contributed by atoms with Gasteiger partial charge in [-0.3, -0.25) is 0 Å². The summed E-state index contributed by atoms with van der Waals surface area (Å²) in [7, 11) is 0. The monoisotopic (exact) mass is 291 g/mol. The molecule has 122 valence electrons. The van der Waals surface area contributed by atoms with Crippen LogP contribution in [-0.2, 0) is 0 Å². The Bertz CT molecular complexity index is 306. The van der Waals surface area contributed by atoms with Crippen LogP contribution in [0.5, 0.6) is 0 Å². The molecule has 1 heteroatoms. The summed E-state index contributed by atoms with van der Waals surface area (Å²) < 4.78 is 0. The van der Waals surface area contributed by atoms with Gasteiger partial charge >= 0.3 is 0 Å². The fraction of sp³-hybridized carbons (Fsp3) is 0.900. The Morgan fingerprint density at radius 2 is 1.52 bits per heavy atom. The lowest BCUT2D eigenvalue weighted by atomic mass is 9.82. The second-order valence-electron chi connectivity index (χ2n) is 6.80. The third kappa shape index (κ3) is 6.03. The van der Waals surface area contributed by atoms with Crippen molar-refractivity contribution in [3.63, 3.8) is 0 Å². The first-order valence-electron chi connectivity index (χ1n) is 9.43. The van der Waals surface area contributed by atoms with Gasteiger partial charge in [-0.25, -0.2) is 0 Å². The van der Waals surface area contributed by atoms with Gasteiger partial charge in [0.25, 0.3) is 0 Å². The van der Waals surface area contributed by atoms with Crippen LogP contribution in [-0.4, -0.2) is 24.0 Å². The van der Waals surface area contributed by atoms with E-state index in [0.717, 1.165) is 24.3 Å². The summed E-state index contributed by atoms with van der Waals surface area (Å²) in [6, 6.07) is 0.868. The molecule has 0 aromatic rings. The van der Waals surface area contributed by atoms with Crippen molar-refractivity contribution >= 4 is 0 Å². The second kappa shape index (κ2) is 10.3. The highest BCUT2D eigenvalue weighted by Gasteiger charge is 2.29. The summed E-state index contributed by atoms with van der Waals surface area (Å²) in [5, 5.41) is 0. The van der Waals surface area contributed by atoms with Crippen LogP contribution in [0.25, 0.3) is 0 Å². The molecule has 1 saturated carbocycles. The quantitative estimate of drug-likeness (QED) is 0.620. The molecule has 0 radical (unpaired) electrons. The number of piperidine rings is 1. The van der Waals surface area contributed by atoms with E-state index >= 15 is 0 Å². The predicted molar refractivity (Wildman–Crippen MR) is 94.3 cm³/mol. The summed E-state index contributed by atoms with van der Waals surface area (Å²) in [5.74, 6) is 9.27. The van der Waals surface area contributed by atoms with Gasteiger partial charge in [0, 0.05) is 18.4 Å². The zero-order chi connectivity index (χ0) is 15.7. The SMILES string of the molecule is CC.CCC#CC1CCC(N2CCC(C(C)C)CC2)CC1. The molecule has 2 fully saturated rings. The van der Waals surface area contributed by atoms with E-state index in [1.165, 1.54) is 51.6 Å². The van der Waals surface area contributed by atoms with Crippen molar-refractivity contribution < 1.29 is 0 Å². The van der Waals surface area contributed by atoms with Crippen molar-refractivity contribution in [3.8, 4) is 11.8 Å². The molecule has 0 unspecified atom stereocenters. The van der Waals surface area contributed by atoms with Crippen LogP contribution in [0, 0.1) is 29.6 Å². The largest absolute Gasteiger partial charge is 0.300 e. The molecule has 1 aliphatic carbocycles. The number of nitrogens with zero attached hydrogens (tertiary/aromatic N) is 1. The van der Waals surface area contributed by atoms with E-state index in [-0.39, 0.29) is 0 Å². The maximum absolute atomic E-state index is 3.45. The third-order valence-electron chi connectivity index (χ3n) is 5.21. The van der Waals surface area contributed by atoms with Crippen molar-refractivity contribution in [2.24, 2.45) is 17.8 Å². The molecule has 0 atom stereocenters. The van der Waals surface area contributed by atoms with E-state index in [9.17, 15) is 0 Å². The van der Waals surface area contributed by atoms with Gasteiger partial charge < -0.3 is 4.90 Å². The van der Waals surface area contributed by atoms with E-state index in [1.54, 1.807) is 0 Å². The number of likely N-dealkylation sites (tertiary alicyclic amines) is 1. The molecule has 1 heterocycles. The van der Waals surface area contributed by atoms with Gasteiger partial charge in [-0.1, -0.05) is 40.5 Å². The van der Waals surface area contributed by atoms with E-state index in [2.05, 4.69) is 37.5 Å². The average Bonchev–Trinajstić information content (AvgIpc) is 2.55. The summed E-state index contributed by atoms with van der Waals surface area (Å²) in [6.07, 6.45) is 9.30. The summed E-state index contributed by atoms with van der Waals surface area (Å²) >= 11 is 0. The first-order valence-corrected chi connectivity index (χ1v) is 9.43. The summed E-state index contributed by atoms with van der Waals surface area (Å²) in [6.45, 7) is 13.6. The van der Waals surface area contributed by atoms with E-state index in [1.807, 2.05) is 13.8 Å². The van der Waals surface area contributed by atoms with Crippen molar-refractivity contribution in [1.29, 1.82) is 0 Å². The van der Waals surface area contributed by atoms with Crippen molar-refractivity contribution in [1.82, 2.24) is 4.90 Å². The first kappa shape index (κ1) is 18.6. The number of rotatable bonds is 2. The van der Waals surface area contributed by atoms with Crippen LogP contribution in [0.15, 0.2) is 0 Å². The van der Waals surface area contributed by atoms with Crippen LogP contribution < -0.4 is 0 Å². The lowest BCUT2D eigenvalue weighted by molar-refractivity contribution is 0.0883. The molecule has 0 aromatic carbocycles. The first-order chi connectivity index (χ1) is 10.2. The van der Waals surface area contributed by atoms with Gasteiger partial charge in [-0.2, -0.15) is 0 Å². The average molecular weight is 292 g/mol. The van der Waals surface area contributed by atoms with Crippen molar-refractivity contribution in [2.75, 3.05) is 13.1 Å². The van der Waals surface area contributed by atoms with Crippen LogP contribution in [0.2, 0.25) is 0 Å². The Kier molecular flexibility index (Phi) is 9.09. The van der Waals surface area contributed by atoms with E-state index in [0.29, 0.717) is 5.92 Å². The molecular formula is C20H37N. The molecular weight excluding hydrogens is 254 g/mol. The standard InChI is InChI=1S/C18H31N.C2H6/c1-4-5-6-16-7-9-18(10-8-16)19-13-11-17(12-14-19)15(2)3;1-2/h15-18H,4,7-14H2,1-3H3;1-2H3. The number of hydrogen-bond acceptors (Lipinski definition) is 1. The normalized spacial score (nSPS) is 27.5. The Hall–Kier alpha value is -0.480. The topological polar surface area (TPSA) is 3.24 Å². The molecule has 0 aromatic heterocycles. The minimum atomic E-state index is 0.699. The highest BCUT2D eigenvalue weighted by molar-refractivity contribution is 5.04. The lowest BCUT2D eigenvalue weighted by Crippen LogP contribution is -2.43. The Balaban J connectivity index is 0.00000106. The highest BCUT2D eigenvalue weighted by atomic mass is 15.2. The molecule has 0 spiro atoms. The molecule has 2 aliphatic rings. The smallest absolute Gasteiger partial charge is 0.0204 e. The predicted octanol–water partition coefficient (Wildman–Crippen LogP) is 5.35. The molecule has 2 rings (SSSR count). The van der Waals surface area contributed by atoms with Crippen LogP contribution >= 0.6 is 0 Å². The molecule has 1 aliphatic heterocycles. The fourth-order valence-electron chi connectivity index (χ4n) is 3.78. The maximum atomic E-state index is 3.45. The Labute approximate surface area is 133 Å². The van der Waals surface area contributed by atoms with Crippen molar-refractivity contribution in [3.05, 3.63) is 0 Å². The molecule has 1 nitrogen and oxygen atoms in total. The summed E-state index contributed by atoms with van der Waals surface area (Å²) in [5.41, 5.74) is 0. The molecule has 21 heavy (non-hydrogen) atoms. The second-order valence-corrected chi connectivity index (χ2v) is 6.80. The Morgan fingerprint density at radius 1 is 0.952 bits per heavy atom. The van der Waals surface area contributed by atoms with E-state index < -0.39 is 0 Å². The van der Waals surface area contributed by atoms with Crippen LogP contribution in [0.4, 0.5) is 0 Å². The van der Waals surface area contributed by atoms with Gasteiger partial charge in [0.05, 0.1) is 0 Å². The maximum Gasteiger partial charge on any atom is 0.0204 e. The van der Waals surface area contributed by atoms with E-state index in [4.69, 9.17) is 0 Å². The minimum absolute atomic E-state index is 0.699. The van der Waals surface area contributed by atoms with Gasteiger partial charge in [0.2, 0.25) is 0 Å². The lowest BCUT2D eigenvalue weighted by Gasteiger charge is -2.41. The van der Waals surface area contributed by atoms with Crippen molar-refractivity contribution in [2.45, 2.75) is 85.6 Å². The Morgan fingerprint density at radius 3 is 2.00 bits per heavy atom. The van der Waals surface area contributed by atoms with Gasteiger partial charge in [-0.15, -0.1) is 5.92 Å². The third-order valence-corrected chi connectivity index (χ3v) is 5.21. The zero-order valence-electron chi connectivity index (χ0n) is 15.1. The van der Waals surface area contributed by atoms with Crippen LogP contribution in [0.1, 0.15) is 79.6 Å². The summed E-state index contributed by atoms with van der Waals surface area (Å²) in [4.78, 5) is 2.78. The number of hydrogen-bond donors (Lipinski definition) is 0. The fourth-order valence-corrected chi connectivity index (χ4v) is 3.78. The molecule has 0 N–H and O–H groups in total. The molecule has 0 bridgehead atoms. The van der Waals surface area contributed by atoms with Crippen LogP contribution in [0.3, 0.4) is 0 Å². The van der Waals surface area contributed by atoms with Gasteiger partial charge in [-0.05, 0) is 63.5 Å². The minimum Gasteiger partial charge on any atom is -0.300 e. The molecule has 0 amide bonds. The molecule has 1 saturated heterocycles.